The van der Waals surface area contributed by atoms with Gasteiger partial charge in [-0.3, -0.25) is 0 Å². The number of likely N-dealkylation sites (N-methyl/N-ethyl adjacent to an activating group) is 1. The van der Waals surface area contributed by atoms with Gasteiger partial charge >= 0.3 is 0 Å². The molecule has 18 heavy (non-hydrogen) atoms. The summed E-state index contributed by atoms with van der Waals surface area (Å²) in [5.41, 5.74) is 6.20. The van der Waals surface area contributed by atoms with Crippen molar-refractivity contribution in [2.75, 3.05) is 24.3 Å². The maximum atomic E-state index is 11.3. The van der Waals surface area contributed by atoms with E-state index in [2.05, 4.69) is 0 Å². The van der Waals surface area contributed by atoms with Crippen LogP contribution in [0.4, 0.5) is 11.4 Å². The van der Waals surface area contributed by atoms with Crippen LogP contribution in [0.3, 0.4) is 0 Å². The standard InChI is InChI=1S/C11H19N3O3S/c1-11(2,7-15)14(3)10-6-8(18(13,16)17)4-5-9(10)12/h4-6,15H,7,12H2,1-3H3,(H2,13,16,17). The summed E-state index contributed by atoms with van der Waals surface area (Å²) in [5.74, 6) is 0. The number of sulfonamides is 1. The van der Waals surface area contributed by atoms with Crippen LogP contribution in [0.25, 0.3) is 0 Å². The van der Waals surface area contributed by atoms with Crippen LogP contribution in [0.1, 0.15) is 13.8 Å². The molecule has 7 heteroatoms. The third-order valence-corrected chi connectivity index (χ3v) is 3.90. The van der Waals surface area contributed by atoms with Gasteiger partial charge in [-0.1, -0.05) is 0 Å². The molecule has 0 bridgehead atoms. The lowest BCUT2D eigenvalue weighted by Crippen LogP contribution is -2.44. The Labute approximate surface area is 107 Å². The quantitative estimate of drug-likeness (QED) is 0.675. The minimum Gasteiger partial charge on any atom is -0.397 e. The minimum absolute atomic E-state index is 0.00714. The molecule has 102 valence electrons. The SMILES string of the molecule is CN(c1cc(S(N)(=O)=O)ccc1N)C(C)(C)CO. The summed E-state index contributed by atoms with van der Waals surface area (Å²) in [6.45, 7) is 3.54. The molecular formula is C11H19N3O3S. The van der Waals surface area contributed by atoms with Crippen molar-refractivity contribution < 1.29 is 13.5 Å². The molecule has 0 saturated heterocycles. The van der Waals surface area contributed by atoms with Crippen LogP contribution in [0.2, 0.25) is 0 Å². The molecule has 0 atom stereocenters. The van der Waals surface area contributed by atoms with Gasteiger partial charge in [-0.25, -0.2) is 13.6 Å². The molecule has 0 aliphatic rings. The van der Waals surface area contributed by atoms with Crippen molar-refractivity contribution in [3.8, 4) is 0 Å². The monoisotopic (exact) mass is 273 g/mol. The van der Waals surface area contributed by atoms with Gasteiger partial charge in [0.25, 0.3) is 0 Å². The molecule has 0 heterocycles. The minimum atomic E-state index is -3.77. The van der Waals surface area contributed by atoms with Crippen molar-refractivity contribution in [1.82, 2.24) is 0 Å². The first-order valence-electron chi connectivity index (χ1n) is 5.36. The number of nitrogens with two attached hydrogens (primary N) is 2. The van der Waals surface area contributed by atoms with Crippen molar-refractivity contribution in [3.05, 3.63) is 18.2 Å². The number of rotatable bonds is 4. The molecule has 0 radical (unpaired) electrons. The largest absolute Gasteiger partial charge is 0.397 e. The number of anilines is 2. The van der Waals surface area contributed by atoms with Gasteiger partial charge in [-0.05, 0) is 32.0 Å². The topological polar surface area (TPSA) is 110 Å². The molecule has 0 fully saturated rings. The zero-order chi connectivity index (χ0) is 14.1. The number of nitrogen functional groups attached to an aromatic ring is 1. The van der Waals surface area contributed by atoms with Gasteiger partial charge in [0.15, 0.2) is 0 Å². The van der Waals surface area contributed by atoms with E-state index in [1.54, 1.807) is 11.9 Å². The van der Waals surface area contributed by atoms with Gasteiger partial charge in [0, 0.05) is 7.05 Å². The Morgan fingerprint density at radius 2 is 1.94 bits per heavy atom. The normalized spacial score (nSPS) is 12.5. The molecule has 0 amide bonds. The number of hydrogen-bond acceptors (Lipinski definition) is 5. The van der Waals surface area contributed by atoms with Gasteiger partial charge in [-0.15, -0.1) is 0 Å². The second-order valence-electron chi connectivity index (χ2n) is 4.80. The fourth-order valence-corrected chi connectivity index (χ4v) is 1.96. The second kappa shape index (κ2) is 4.75. The molecule has 1 aromatic carbocycles. The maximum absolute atomic E-state index is 11.3. The highest BCUT2D eigenvalue weighted by molar-refractivity contribution is 7.89. The highest BCUT2D eigenvalue weighted by atomic mass is 32.2. The summed E-state index contributed by atoms with van der Waals surface area (Å²) in [6.07, 6.45) is 0. The van der Waals surface area contributed by atoms with Crippen molar-refractivity contribution in [2.45, 2.75) is 24.3 Å². The maximum Gasteiger partial charge on any atom is 0.238 e. The van der Waals surface area contributed by atoms with E-state index in [0.717, 1.165) is 0 Å². The summed E-state index contributed by atoms with van der Waals surface area (Å²) < 4.78 is 22.6. The summed E-state index contributed by atoms with van der Waals surface area (Å²) in [7, 11) is -2.04. The fraction of sp³-hybridized carbons (Fsp3) is 0.455. The van der Waals surface area contributed by atoms with Crippen LogP contribution >= 0.6 is 0 Å². The molecule has 1 rings (SSSR count). The van der Waals surface area contributed by atoms with E-state index in [4.69, 9.17) is 10.9 Å². The first-order valence-corrected chi connectivity index (χ1v) is 6.91. The van der Waals surface area contributed by atoms with Crippen molar-refractivity contribution in [3.63, 3.8) is 0 Å². The fourth-order valence-electron chi connectivity index (χ4n) is 1.42. The third-order valence-electron chi connectivity index (χ3n) is 2.99. The molecule has 0 unspecified atom stereocenters. The van der Waals surface area contributed by atoms with E-state index < -0.39 is 15.6 Å². The molecule has 5 N–H and O–H groups in total. The summed E-state index contributed by atoms with van der Waals surface area (Å²) in [5, 5.41) is 14.4. The summed E-state index contributed by atoms with van der Waals surface area (Å²) in [6, 6.07) is 4.25. The smallest absolute Gasteiger partial charge is 0.238 e. The highest BCUT2D eigenvalue weighted by Gasteiger charge is 2.25. The number of aliphatic hydroxyl groups excluding tert-OH is 1. The number of primary sulfonamides is 1. The van der Waals surface area contributed by atoms with E-state index in [0.29, 0.717) is 11.4 Å². The van der Waals surface area contributed by atoms with Crippen LogP contribution in [0.15, 0.2) is 23.1 Å². The lowest BCUT2D eigenvalue weighted by Gasteiger charge is -2.36. The lowest BCUT2D eigenvalue weighted by molar-refractivity contribution is 0.216. The Balaban J connectivity index is 3.33. The van der Waals surface area contributed by atoms with Crippen LogP contribution in [-0.4, -0.2) is 32.7 Å². The van der Waals surface area contributed by atoms with Crippen LogP contribution in [-0.2, 0) is 10.0 Å². The molecule has 1 aromatic rings. The van der Waals surface area contributed by atoms with Gasteiger partial charge in [0.2, 0.25) is 10.0 Å². The van der Waals surface area contributed by atoms with Crippen molar-refractivity contribution in [1.29, 1.82) is 0 Å². The first kappa shape index (κ1) is 14.7. The molecule has 0 saturated carbocycles. The number of nitrogens with zero attached hydrogens (tertiary/aromatic N) is 1. The van der Waals surface area contributed by atoms with Crippen LogP contribution in [0, 0.1) is 0 Å². The Hall–Kier alpha value is -1.31. The van der Waals surface area contributed by atoms with Crippen LogP contribution < -0.4 is 15.8 Å². The van der Waals surface area contributed by atoms with E-state index in [1.165, 1.54) is 18.2 Å². The van der Waals surface area contributed by atoms with Gasteiger partial charge in [0.05, 0.1) is 28.4 Å². The summed E-state index contributed by atoms with van der Waals surface area (Å²) >= 11 is 0. The van der Waals surface area contributed by atoms with Crippen LogP contribution in [0.5, 0.6) is 0 Å². The molecule has 0 aliphatic carbocycles. The Kier molecular flexibility index (Phi) is 3.89. The molecule has 6 nitrogen and oxygen atoms in total. The third kappa shape index (κ3) is 2.92. The van der Waals surface area contributed by atoms with Gasteiger partial charge < -0.3 is 15.7 Å². The van der Waals surface area contributed by atoms with E-state index in [9.17, 15) is 13.5 Å². The predicted molar refractivity (Wildman–Crippen MR) is 71.8 cm³/mol. The second-order valence-corrected chi connectivity index (χ2v) is 6.36. The molecule has 0 aromatic heterocycles. The van der Waals surface area contributed by atoms with Gasteiger partial charge in [0.1, 0.15) is 0 Å². The number of benzene rings is 1. The van der Waals surface area contributed by atoms with E-state index in [-0.39, 0.29) is 11.5 Å². The van der Waals surface area contributed by atoms with Crippen molar-refractivity contribution in [2.24, 2.45) is 5.14 Å². The predicted octanol–water partition coefficient (Wildman–Crippen LogP) is 0.123. The first-order chi connectivity index (χ1) is 8.09. The zero-order valence-corrected chi connectivity index (χ0v) is 11.5. The lowest BCUT2D eigenvalue weighted by atomic mass is 10.0. The van der Waals surface area contributed by atoms with Crippen molar-refractivity contribution >= 4 is 21.4 Å². The Morgan fingerprint density at radius 3 is 2.39 bits per heavy atom. The highest BCUT2D eigenvalue weighted by Crippen LogP contribution is 2.30. The molecule has 0 aliphatic heterocycles. The van der Waals surface area contributed by atoms with E-state index in [1.807, 2.05) is 13.8 Å². The average molecular weight is 273 g/mol. The van der Waals surface area contributed by atoms with E-state index >= 15 is 0 Å². The number of aliphatic hydroxyl groups is 1. The summed E-state index contributed by atoms with van der Waals surface area (Å²) in [4.78, 5) is 1.71. The zero-order valence-electron chi connectivity index (χ0n) is 10.7. The molecule has 0 spiro atoms. The number of hydrogen-bond donors (Lipinski definition) is 3. The molecular weight excluding hydrogens is 254 g/mol. The Bertz CT molecular complexity index is 540. The van der Waals surface area contributed by atoms with Gasteiger partial charge in [-0.2, -0.15) is 0 Å². The average Bonchev–Trinajstić information content (AvgIpc) is 2.27. The Morgan fingerprint density at radius 1 is 1.39 bits per heavy atom.